The maximum Gasteiger partial charge on any atom is 0.291 e. The lowest BCUT2D eigenvalue weighted by Crippen LogP contribution is -2.36. The van der Waals surface area contributed by atoms with Gasteiger partial charge in [0.15, 0.2) is 16.5 Å². The summed E-state index contributed by atoms with van der Waals surface area (Å²) in [7, 11) is 0. The molecule has 1 fully saturated rings. The van der Waals surface area contributed by atoms with E-state index in [0.717, 1.165) is 47.6 Å². The molecule has 2 amide bonds. The van der Waals surface area contributed by atoms with E-state index in [1.165, 1.54) is 11.3 Å². The number of hydrogen-bond donors (Lipinski definition) is 1. The molecule has 4 aromatic rings. The molecule has 0 unspecified atom stereocenters. The number of amides is 2. The first-order valence-electron chi connectivity index (χ1n) is 10.3. The summed E-state index contributed by atoms with van der Waals surface area (Å²) in [5.41, 5.74) is 1.88. The minimum absolute atomic E-state index is 0.0507. The Morgan fingerprint density at radius 3 is 2.55 bits per heavy atom. The third kappa shape index (κ3) is 3.96. The molecule has 1 aliphatic rings. The molecule has 7 heteroatoms. The first-order chi connectivity index (χ1) is 15.2. The normalized spacial score (nSPS) is 14.0. The summed E-state index contributed by atoms with van der Waals surface area (Å²) in [6, 6.07) is 18.3. The molecule has 156 valence electrons. The van der Waals surface area contributed by atoms with Gasteiger partial charge in [-0.15, -0.1) is 11.3 Å². The highest BCUT2D eigenvalue weighted by Gasteiger charge is 2.22. The third-order valence-corrected chi connectivity index (χ3v) is 6.43. The Bertz CT molecular complexity index is 1220. The van der Waals surface area contributed by atoms with Crippen LogP contribution in [0, 0.1) is 0 Å². The van der Waals surface area contributed by atoms with Gasteiger partial charge in [0.25, 0.3) is 11.8 Å². The summed E-state index contributed by atoms with van der Waals surface area (Å²) < 4.78 is 6.85. The van der Waals surface area contributed by atoms with Gasteiger partial charge >= 0.3 is 0 Å². The molecule has 0 saturated carbocycles. The van der Waals surface area contributed by atoms with Crippen molar-refractivity contribution in [3.05, 3.63) is 72.0 Å². The van der Waals surface area contributed by atoms with Crippen LogP contribution in [-0.4, -0.2) is 34.8 Å². The van der Waals surface area contributed by atoms with Crippen molar-refractivity contribution in [2.75, 3.05) is 18.4 Å². The Balaban J connectivity index is 1.36. The highest BCUT2D eigenvalue weighted by Crippen LogP contribution is 2.31. The molecule has 1 saturated heterocycles. The lowest BCUT2D eigenvalue weighted by molar-refractivity contribution is 0.0725. The van der Waals surface area contributed by atoms with Crippen LogP contribution in [0.4, 0.5) is 5.69 Å². The fraction of sp³-hybridized carbons (Fsp3) is 0.208. The van der Waals surface area contributed by atoms with Gasteiger partial charge in [-0.25, -0.2) is 4.98 Å². The number of anilines is 1. The summed E-state index contributed by atoms with van der Waals surface area (Å²) >= 11 is 1.51. The highest BCUT2D eigenvalue weighted by atomic mass is 32.1. The van der Waals surface area contributed by atoms with E-state index in [1.807, 2.05) is 35.2 Å². The topological polar surface area (TPSA) is 75.4 Å². The van der Waals surface area contributed by atoms with Crippen molar-refractivity contribution in [2.45, 2.75) is 19.3 Å². The average molecular weight is 432 g/mol. The number of carbonyl (C=O) groups excluding carboxylic acids is 2. The molecule has 0 atom stereocenters. The summed E-state index contributed by atoms with van der Waals surface area (Å²) in [5.74, 6) is 0.273. The predicted octanol–water partition coefficient (Wildman–Crippen LogP) is 5.43. The Hall–Kier alpha value is -3.45. The Morgan fingerprint density at radius 2 is 1.71 bits per heavy atom. The largest absolute Gasteiger partial charge is 0.448 e. The quantitative estimate of drug-likeness (QED) is 0.467. The van der Waals surface area contributed by atoms with Gasteiger partial charge in [-0.3, -0.25) is 9.59 Å². The van der Waals surface area contributed by atoms with Crippen LogP contribution in [0.5, 0.6) is 0 Å². The van der Waals surface area contributed by atoms with E-state index in [-0.39, 0.29) is 11.7 Å². The van der Waals surface area contributed by atoms with Gasteiger partial charge in [0, 0.05) is 13.1 Å². The first kappa shape index (κ1) is 19.5. The molecule has 6 nitrogen and oxygen atoms in total. The number of carbonyl (C=O) groups is 2. The van der Waals surface area contributed by atoms with Gasteiger partial charge in [0.2, 0.25) is 0 Å². The second-order valence-corrected chi connectivity index (χ2v) is 8.53. The van der Waals surface area contributed by atoms with Crippen LogP contribution < -0.4 is 5.32 Å². The SMILES string of the molecule is O=C(Nc1ccccc1C(=O)N1CCCCC1)c1ccc(-c2nc3ccccc3s2)o1. The first-order valence-corrected chi connectivity index (χ1v) is 11.2. The molecule has 3 heterocycles. The summed E-state index contributed by atoms with van der Waals surface area (Å²) in [4.78, 5) is 32.2. The van der Waals surface area contributed by atoms with Crippen molar-refractivity contribution in [3.8, 4) is 10.8 Å². The van der Waals surface area contributed by atoms with E-state index in [1.54, 1.807) is 30.3 Å². The molecule has 0 aliphatic carbocycles. The van der Waals surface area contributed by atoms with Crippen LogP contribution in [-0.2, 0) is 0 Å². The summed E-state index contributed by atoms with van der Waals surface area (Å²) in [6.45, 7) is 1.51. The number of rotatable bonds is 4. The standard InChI is InChI=1S/C24H21N3O3S/c28-22(19-12-13-20(30-19)23-26-18-10-4-5-11-21(18)31-23)25-17-9-3-2-8-16(17)24(29)27-14-6-1-7-15-27/h2-5,8-13H,1,6-7,14-15H2,(H,25,28). The molecule has 5 rings (SSSR count). The van der Waals surface area contributed by atoms with Crippen LogP contribution >= 0.6 is 11.3 Å². The Kier molecular flexibility index (Phi) is 5.26. The number of aromatic nitrogens is 1. The second kappa shape index (κ2) is 8.35. The zero-order valence-corrected chi connectivity index (χ0v) is 17.7. The molecule has 0 radical (unpaired) electrons. The molecule has 31 heavy (non-hydrogen) atoms. The number of fused-ring (bicyclic) bond motifs is 1. The maximum atomic E-state index is 13.0. The van der Waals surface area contributed by atoms with Crippen molar-refractivity contribution in [1.29, 1.82) is 0 Å². The molecular formula is C24H21N3O3S. The molecule has 1 N–H and O–H groups in total. The van der Waals surface area contributed by atoms with Crippen LogP contribution in [0.2, 0.25) is 0 Å². The number of thiazole rings is 1. The van der Waals surface area contributed by atoms with Gasteiger partial charge in [0.1, 0.15) is 0 Å². The summed E-state index contributed by atoms with van der Waals surface area (Å²) in [6.07, 6.45) is 3.18. The third-order valence-electron chi connectivity index (χ3n) is 5.38. The molecule has 2 aromatic heterocycles. The van der Waals surface area contributed by atoms with E-state index in [4.69, 9.17) is 4.42 Å². The second-order valence-electron chi connectivity index (χ2n) is 7.50. The lowest BCUT2D eigenvalue weighted by atomic mass is 10.1. The highest BCUT2D eigenvalue weighted by molar-refractivity contribution is 7.21. The zero-order valence-electron chi connectivity index (χ0n) is 16.8. The minimum atomic E-state index is -0.397. The Labute approximate surface area is 183 Å². The van der Waals surface area contributed by atoms with E-state index in [2.05, 4.69) is 10.3 Å². The minimum Gasteiger partial charge on any atom is -0.448 e. The average Bonchev–Trinajstić information content (AvgIpc) is 3.47. The smallest absolute Gasteiger partial charge is 0.291 e. The number of nitrogens with zero attached hydrogens (tertiary/aromatic N) is 2. The van der Waals surface area contributed by atoms with Gasteiger partial charge in [0.05, 0.1) is 21.5 Å². The number of furan rings is 1. The molecular weight excluding hydrogens is 410 g/mol. The zero-order chi connectivity index (χ0) is 21.2. The molecule has 2 aromatic carbocycles. The van der Waals surface area contributed by atoms with E-state index < -0.39 is 5.91 Å². The van der Waals surface area contributed by atoms with E-state index >= 15 is 0 Å². The van der Waals surface area contributed by atoms with Crippen molar-refractivity contribution in [2.24, 2.45) is 0 Å². The van der Waals surface area contributed by atoms with Crippen molar-refractivity contribution in [1.82, 2.24) is 9.88 Å². The van der Waals surface area contributed by atoms with Crippen molar-refractivity contribution >= 4 is 39.1 Å². The number of para-hydroxylation sites is 2. The number of likely N-dealkylation sites (tertiary alicyclic amines) is 1. The van der Waals surface area contributed by atoms with Gasteiger partial charge in [-0.2, -0.15) is 0 Å². The van der Waals surface area contributed by atoms with Crippen LogP contribution in [0.15, 0.2) is 65.1 Å². The van der Waals surface area contributed by atoms with Crippen molar-refractivity contribution in [3.63, 3.8) is 0 Å². The number of hydrogen-bond acceptors (Lipinski definition) is 5. The maximum absolute atomic E-state index is 13.0. The van der Waals surface area contributed by atoms with Crippen molar-refractivity contribution < 1.29 is 14.0 Å². The number of nitrogens with one attached hydrogen (secondary N) is 1. The van der Waals surface area contributed by atoms with Crippen LogP contribution in [0.3, 0.4) is 0 Å². The lowest BCUT2D eigenvalue weighted by Gasteiger charge is -2.27. The number of piperidine rings is 1. The van der Waals surface area contributed by atoms with E-state index in [0.29, 0.717) is 17.0 Å². The van der Waals surface area contributed by atoms with Gasteiger partial charge in [-0.05, 0) is 55.7 Å². The van der Waals surface area contributed by atoms with Crippen LogP contribution in [0.1, 0.15) is 40.2 Å². The van der Waals surface area contributed by atoms with Gasteiger partial charge in [-0.1, -0.05) is 24.3 Å². The monoisotopic (exact) mass is 431 g/mol. The molecule has 0 spiro atoms. The van der Waals surface area contributed by atoms with Crippen LogP contribution in [0.25, 0.3) is 21.0 Å². The van der Waals surface area contributed by atoms with Gasteiger partial charge < -0.3 is 14.6 Å². The van der Waals surface area contributed by atoms with E-state index in [9.17, 15) is 9.59 Å². The Morgan fingerprint density at radius 1 is 0.935 bits per heavy atom. The summed E-state index contributed by atoms with van der Waals surface area (Å²) in [5, 5.41) is 3.56. The predicted molar refractivity (Wildman–Crippen MR) is 121 cm³/mol. The molecule has 0 bridgehead atoms. The number of benzene rings is 2. The molecule has 1 aliphatic heterocycles. The fourth-order valence-corrected chi connectivity index (χ4v) is 4.71. The fourth-order valence-electron chi connectivity index (χ4n) is 3.78.